The Hall–Kier alpha value is -1.72. The molecule has 1 aromatic carbocycles. The second kappa shape index (κ2) is 6.15. The third-order valence-corrected chi connectivity index (χ3v) is 3.24. The van der Waals surface area contributed by atoms with Crippen LogP contribution in [0.15, 0.2) is 24.5 Å². The molecule has 1 amide bonds. The Morgan fingerprint density at radius 2 is 2.20 bits per heavy atom. The number of nitrogens with zero attached hydrogens (tertiary/aromatic N) is 2. The van der Waals surface area contributed by atoms with E-state index in [1.807, 2.05) is 13.2 Å². The molecule has 0 saturated heterocycles. The van der Waals surface area contributed by atoms with Crippen LogP contribution < -0.4 is 5.32 Å². The van der Waals surface area contributed by atoms with Crippen LogP contribution in [-0.2, 0) is 13.5 Å². The monoisotopic (exact) mass is 313 g/mol. The van der Waals surface area contributed by atoms with Gasteiger partial charge < -0.3 is 10.4 Å². The summed E-state index contributed by atoms with van der Waals surface area (Å²) in [6, 6.07) is 2.70. The van der Waals surface area contributed by atoms with Crippen molar-refractivity contribution in [2.75, 3.05) is 6.54 Å². The number of amides is 1. The number of hydrogen-bond donors (Lipinski definition) is 2. The van der Waals surface area contributed by atoms with Crippen molar-refractivity contribution in [2.24, 2.45) is 7.05 Å². The number of hydrogen-bond acceptors (Lipinski definition) is 3. The minimum atomic E-state index is -0.437. The lowest BCUT2D eigenvalue weighted by molar-refractivity contribution is 0.0951. The lowest BCUT2D eigenvalue weighted by Crippen LogP contribution is -2.26. The zero-order valence-corrected chi connectivity index (χ0v) is 12.2. The highest BCUT2D eigenvalue weighted by molar-refractivity contribution is 6.37. The van der Waals surface area contributed by atoms with E-state index in [4.69, 9.17) is 23.2 Å². The average molecular weight is 314 g/mol. The van der Waals surface area contributed by atoms with Crippen LogP contribution in [0.4, 0.5) is 0 Å². The van der Waals surface area contributed by atoms with Gasteiger partial charge in [-0.3, -0.25) is 9.48 Å². The van der Waals surface area contributed by atoms with E-state index < -0.39 is 5.91 Å². The highest BCUT2D eigenvalue weighted by Crippen LogP contribution is 2.29. The first-order valence-corrected chi connectivity index (χ1v) is 6.66. The van der Waals surface area contributed by atoms with Crippen LogP contribution in [0.5, 0.6) is 5.75 Å². The molecule has 0 aliphatic carbocycles. The molecule has 0 saturated carbocycles. The maximum Gasteiger partial charge on any atom is 0.256 e. The fourth-order valence-corrected chi connectivity index (χ4v) is 2.36. The number of carbonyl (C=O) groups excluding carboxylic acids is 1. The number of aromatic nitrogens is 2. The fraction of sp³-hybridized carbons (Fsp3) is 0.231. The third kappa shape index (κ3) is 3.43. The Morgan fingerprint density at radius 1 is 1.45 bits per heavy atom. The van der Waals surface area contributed by atoms with Gasteiger partial charge in [-0.25, -0.2) is 0 Å². The molecule has 0 spiro atoms. The maximum absolute atomic E-state index is 12.0. The number of nitrogens with one attached hydrogen (secondary N) is 1. The summed E-state index contributed by atoms with van der Waals surface area (Å²) < 4.78 is 1.69. The van der Waals surface area contributed by atoms with Gasteiger partial charge in [0.15, 0.2) is 0 Å². The summed E-state index contributed by atoms with van der Waals surface area (Å²) in [6.07, 6.45) is 4.25. The quantitative estimate of drug-likeness (QED) is 0.910. The van der Waals surface area contributed by atoms with E-state index in [2.05, 4.69) is 10.4 Å². The molecule has 2 rings (SSSR count). The Bertz CT molecular complexity index is 617. The number of phenols is 1. The van der Waals surface area contributed by atoms with Crippen molar-refractivity contribution in [3.63, 3.8) is 0 Å². The number of carbonyl (C=O) groups is 1. The van der Waals surface area contributed by atoms with Crippen LogP contribution in [0, 0.1) is 0 Å². The van der Waals surface area contributed by atoms with Crippen molar-refractivity contribution >= 4 is 29.1 Å². The van der Waals surface area contributed by atoms with Crippen LogP contribution in [0.1, 0.15) is 15.9 Å². The predicted octanol–water partition coefficient (Wildman–Crippen LogP) is 2.41. The number of phenolic OH excluding ortho intramolecular Hbond substituents is 1. The molecule has 0 atom stereocenters. The largest absolute Gasteiger partial charge is 0.507 e. The second-order valence-corrected chi connectivity index (χ2v) is 5.15. The topological polar surface area (TPSA) is 67.2 Å². The van der Waals surface area contributed by atoms with E-state index >= 15 is 0 Å². The lowest BCUT2D eigenvalue weighted by atomic mass is 10.1. The first-order valence-electron chi connectivity index (χ1n) is 5.91. The van der Waals surface area contributed by atoms with Crippen molar-refractivity contribution in [3.8, 4) is 5.75 Å². The van der Waals surface area contributed by atoms with E-state index in [1.54, 1.807) is 10.9 Å². The first kappa shape index (κ1) is 14.7. The molecule has 1 heterocycles. The minimum absolute atomic E-state index is 0.0299. The molecule has 2 aromatic rings. The third-order valence-electron chi connectivity index (χ3n) is 2.72. The van der Waals surface area contributed by atoms with Gasteiger partial charge in [0.05, 0.1) is 16.8 Å². The van der Waals surface area contributed by atoms with E-state index in [9.17, 15) is 9.90 Å². The summed E-state index contributed by atoms with van der Waals surface area (Å²) in [5.41, 5.74) is 1.04. The molecule has 1 aromatic heterocycles. The molecule has 20 heavy (non-hydrogen) atoms. The van der Waals surface area contributed by atoms with Crippen molar-refractivity contribution in [3.05, 3.63) is 45.7 Å². The van der Waals surface area contributed by atoms with Gasteiger partial charge in [-0.05, 0) is 24.1 Å². The zero-order valence-electron chi connectivity index (χ0n) is 10.7. The number of aryl methyl sites for hydroxylation is 1. The van der Waals surface area contributed by atoms with Crippen LogP contribution in [-0.4, -0.2) is 27.3 Å². The summed E-state index contributed by atoms with van der Waals surface area (Å²) in [5, 5.41) is 16.8. The number of rotatable bonds is 4. The molecule has 5 nitrogen and oxygen atoms in total. The first-order chi connectivity index (χ1) is 9.47. The summed E-state index contributed by atoms with van der Waals surface area (Å²) in [5.74, 6) is -0.672. The summed E-state index contributed by atoms with van der Waals surface area (Å²) in [4.78, 5) is 12.0. The molecular formula is C13H13Cl2N3O2. The van der Waals surface area contributed by atoms with Crippen molar-refractivity contribution in [2.45, 2.75) is 6.42 Å². The Morgan fingerprint density at radius 3 is 2.80 bits per heavy atom. The minimum Gasteiger partial charge on any atom is -0.507 e. The molecule has 0 bridgehead atoms. The summed E-state index contributed by atoms with van der Waals surface area (Å²) in [6.45, 7) is 0.420. The van der Waals surface area contributed by atoms with Gasteiger partial charge in [0.2, 0.25) is 0 Å². The molecule has 0 unspecified atom stereocenters. The Kier molecular flexibility index (Phi) is 4.52. The summed E-state index contributed by atoms with van der Waals surface area (Å²) >= 11 is 11.6. The van der Waals surface area contributed by atoms with E-state index in [0.29, 0.717) is 13.0 Å². The molecule has 0 fully saturated rings. The van der Waals surface area contributed by atoms with Crippen LogP contribution in [0.3, 0.4) is 0 Å². The van der Waals surface area contributed by atoms with Gasteiger partial charge in [0, 0.05) is 24.8 Å². The molecule has 0 aliphatic rings. The van der Waals surface area contributed by atoms with E-state index in [0.717, 1.165) is 5.56 Å². The molecule has 106 valence electrons. The number of halogens is 2. The predicted molar refractivity (Wildman–Crippen MR) is 77.4 cm³/mol. The van der Waals surface area contributed by atoms with Crippen molar-refractivity contribution < 1.29 is 9.90 Å². The highest BCUT2D eigenvalue weighted by atomic mass is 35.5. The van der Waals surface area contributed by atoms with Crippen molar-refractivity contribution in [1.82, 2.24) is 15.1 Å². The number of benzene rings is 1. The maximum atomic E-state index is 12.0. The van der Waals surface area contributed by atoms with E-state index in [1.165, 1.54) is 12.1 Å². The molecule has 2 N–H and O–H groups in total. The summed E-state index contributed by atoms with van der Waals surface area (Å²) in [7, 11) is 1.83. The smallest absolute Gasteiger partial charge is 0.256 e. The Balaban J connectivity index is 1.98. The average Bonchev–Trinajstić information content (AvgIpc) is 2.73. The van der Waals surface area contributed by atoms with Gasteiger partial charge >= 0.3 is 0 Å². The SMILES string of the molecule is Cn1cc(CCNC(=O)c2c(O)cc(Cl)cc2Cl)cn1. The zero-order chi connectivity index (χ0) is 14.7. The standard InChI is InChI=1S/C13H13Cl2N3O2/c1-18-7-8(6-17-18)2-3-16-13(20)12-10(15)4-9(14)5-11(12)19/h4-7,19H,2-3H2,1H3,(H,16,20). The second-order valence-electron chi connectivity index (χ2n) is 4.31. The van der Waals surface area contributed by atoms with Gasteiger partial charge in [0.25, 0.3) is 5.91 Å². The Labute approximate surface area is 126 Å². The van der Waals surface area contributed by atoms with E-state index in [-0.39, 0.29) is 21.4 Å². The van der Waals surface area contributed by atoms with Gasteiger partial charge in [-0.15, -0.1) is 0 Å². The molecule has 0 radical (unpaired) electrons. The molecular weight excluding hydrogens is 301 g/mol. The number of aromatic hydroxyl groups is 1. The molecule has 7 heteroatoms. The lowest BCUT2D eigenvalue weighted by Gasteiger charge is -2.08. The van der Waals surface area contributed by atoms with Crippen LogP contribution in [0.25, 0.3) is 0 Å². The van der Waals surface area contributed by atoms with Gasteiger partial charge in [-0.2, -0.15) is 5.10 Å². The van der Waals surface area contributed by atoms with Crippen LogP contribution in [0.2, 0.25) is 10.0 Å². The highest BCUT2D eigenvalue weighted by Gasteiger charge is 2.16. The fourth-order valence-electron chi connectivity index (χ4n) is 1.79. The molecule has 0 aliphatic heterocycles. The normalized spacial score (nSPS) is 10.6. The van der Waals surface area contributed by atoms with Gasteiger partial charge in [0.1, 0.15) is 5.75 Å². The van der Waals surface area contributed by atoms with Crippen LogP contribution >= 0.6 is 23.2 Å². The van der Waals surface area contributed by atoms with Crippen molar-refractivity contribution in [1.29, 1.82) is 0 Å². The van der Waals surface area contributed by atoms with Gasteiger partial charge in [-0.1, -0.05) is 23.2 Å².